The summed E-state index contributed by atoms with van der Waals surface area (Å²) in [6.45, 7) is 0. The average Bonchev–Trinajstić information content (AvgIpc) is 2.97. The minimum absolute atomic E-state index is 0.0328. The Balaban J connectivity index is 1.76. The fourth-order valence-corrected chi connectivity index (χ4v) is 2.02. The van der Waals surface area contributed by atoms with E-state index < -0.39 is 17.5 Å². The molecule has 0 aliphatic heterocycles. The minimum Gasteiger partial charge on any atom is -0.322 e. The van der Waals surface area contributed by atoms with Gasteiger partial charge in [0.05, 0.1) is 0 Å². The summed E-state index contributed by atoms with van der Waals surface area (Å²) in [6, 6.07) is 9.80. The van der Waals surface area contributed by atoms with E-state index in [9.17, 15) is 13.6 Å². The molecule has 116 valence electrons. The Hall–Kier alpha value is -3.16. The van der Waals surface area contributed by atoms with Crippen molar-refractivity contribution in [3.63, 3.8) is 0 Å². The van der Waals surface area contributed by atoms with Crippen LogP contribution in [0.25, 0.3) is 11.4 Å². The number of carbonyl (C=O) groups is 1. The Bertz CT molecular complexity index is 861. The second-order valence-corrected chi connectivity index (χ2v) is 4.79. The molecule has 0 fully saturated rings. The second kappa shape index (κ2) is 5.91. The van der Waals surface area contributed by atoms with E-state index in [1.807, 2.05) is 0 Å². The van der Waals surface area contributed by atoms with Crippen LogP contribution in [0.15, 0.2) is 42.5 Å². The molecule has 0 saturated carbocycles. The van der Waals surface area contributed by atoms with Crippen LogP contribution in [0, 0.1) is 11.6 Å². The van der Waals surface area contributed by atoms with Crippen molar-refractivity contribution >= 4 is 11.6 Å². The molecular formula is C15H11F2N5O. The maximum Gasteiger partial charge on any atom is 0.255 e. The Morgan fingerprint density at radius 1 is 1.09 bits per heavy atom. The predicted molar refractivity (Wildman–Crippen MR) is 78.5 cm³/mol. The molecule has 1 heterocycles. The second-order valence-electron chi connectivity index (χ2n) is 4.79. The third-order valence-corrected chi connectivity index (χ3v) is 3.20. The van der Waals surface area contributed by atoms with E-state index >= 15 is 0 Å². The third kappa shape index (κ3) is 3.05. The fraction of sp³-hybridized carbons (Fsp3) is 0.0667. The van der Waals surface area contributed by atoms with Gasteiger partial charge in [0.2, 0.25) is 0 Å². The molecule has 0 unspecified atom stereocenters. The van der Waals surface area contributed by atoms with Crippen LogP contribution in [0.4, 0.5) is 14.5 Å². The van der Waals surface area contributed by atoms with Crippen molar-refractivity contribution in [2.24, 2.45) is 7.05 Å². The Labute approximate surface area is 129 Å². The van der Waals surface area contributed by atoms with Crippen LogP contribution in [0.3, 0.4) is 0 Å². The molecule has 0 aliphatic rings. The number of aryl methyl sites for hydroxylation is 1. The minimum atomic E-state index is -1.07. The Morgan fingerprint density at radius 2 is 1.83 bits per heavy atom. The van der Waals surface area contributed by atoms with E-state index in [1.165, 1.54) is 10.7 Å². The molecule has 2 aromatic carbocycles. The summed E-state index contributed by atoms with van der Waals surface area (Å²) in [7, 11) is 1.72. The van der Waals surface area contributed by atoms with Gasteiger partial charge in [0.15, 0.2) is 17.5 Å². The number of hydrogen-bond donors (Lipinski definition) is 1. The number of rotatable bonds is 3. The monoisotopic (exact) mass is 315 g/mol. The molecule has 0 atom stereocenters. The van der Waals surface area contributed by atoms with Crippen molar-refractivity contribution in [2.75, 3.05) is 5.32 Å². The third-order valence-electron chi connectivity index (χ3n) is 3.20. The molecule has 0 aliphatic carbocycles. The highest BCUT2D eigenvalue weighted by Crippen LogP contribution is 2.19. The van der Waals surface area contributed by atoms with E-state index in [0.717, 1.165) is 17.7 Å². The summed E-state index contributed by atoms with van der Waals surface area (Å²) < 4.78 is 27.5. The first-order chi connectivity index (χ1) is 11.0. The standard InChI is InChI=1S/C15H11F2N5O/c1-22-14(19-20-21-22)9-2-5-11(6-3-9)18-15(23)10-4-7-12(16)13(17)8-10/h2-8H,1H3,(H,18,23). The molecule has 0 saturated heterocycles. The molecule has 1 aromatic heterocycles. The molecule has 0 radical (unpaired) electrons. The van der Waals surface area contributed by atoms with E-state index in [0.29, 0.717) is 11.5 Å². The number of tetrazole rings is 1. The van der Waals surface area contributed by atoms with Crippen molar-refractivity contribution in [1.82, 2.24) is 20.2 Å². The van der Waals surface area contributed by atoms with Crippen molar-refractivity contribution in [3.8, 4) is 11.4 Å². The zero-order valence-corrected chi connectivity index (χ0v) is 12.0. The molecule has 6 nitrogen and oxygen atoms in total. The molecule has 1 amide bonds. The van der Waals surface area contributed by atoms with Gasteiger partial charge in [-0.3, -0.25) is 4.79 Å². The topological polar surface area (TPSA) is 72.7 Å². The lowest BCUT2D eigenvalue weighted by Crippen LogP contribution is -2.12. The van der Waals surface area contributed by atoms with Gasteiger partial charge in [-0.15, -0.1) is 5.10 Å². The predicted octanol–water partition coefficient (Wildman–Crippen LogP) is 2.41. The summed E-state index contributed by atoms with van der Waals surface area (Å²) in [5.74, 6) is -2.01. The first kappa shape index (κ1) is 14.8. The molecule has 3 rings (SSSR count). The summed E-state index contributed by atoms with van der Waals surface area (Å²) in [4.78, 5) is 12.0. The highest BCUT2D eigenvalue weighted by atomic mass is 19.2. The number of carbonyl (C=O) groups excluding carboxylic acids is 1. The van der Waals surface area contributed by atoms with Crippen molar-refractivity contribution in [3.05, 3.63) is 59.7 Å². The molecule has 3 aromatic rings. The van der Waals surface area contributed by atoms with Crippen LogP contribution in [0.1, 0.15) is 10.4 Å². The lowest BCUT2D eigenvalue weighted by atomic mass is 10.1. The normalized spacial score (nSPS) is 10.6. The summed E-state index contributed by atoms with van der Waals surface area (Å²) in [5, 5.41) is 13.8. The van der Waals surface area contributed by atoms with Gasteiger partial charge in [0.1, 0.15) is 0 Å². The molecule has 0 bridgehead atoms. The van der Waals surface area contributed by atoms with Crippen LogP contribution in [0.2, 0.25) is 0 Å². The zero-order chi connectivity index (χ0) is 16.4. The van der Waals surface area contributed by atoms with E-state index in [-0.39, 0.29) is 5.56 Å². The van der Waals surface area contributed by atoms with Gasteiger partial charge < -0.3 is 5.32 Å². The number of nitrogens with one attached hydrogen (secondary N) is 1. The number of nitrogens with zero attached hydrogens (tertiary/aromatic N) is 4. The number of amides is 1. The van der Waals surface area contributed by atoms with Crippen LogP contribution < -0.4 is 5.32 Å². The van der Waals surface area contributed by atoms with Crippen molar-refractivity contribution < 1.29 is 13.6 Å². The summed E-state index contributed by atoms with van der Waals surface area (Å²) >= 11 is 0. The van der Waals surface area contributed by atoms with E-state index in [2.05, 4.69) is 20.8 Å². The number of benzene rings is 2. The van der Waals surface area contributed by atoms with Gasteiger partial charge in [-0.25, -0.2) is 13.5 Å². The average molecular weight is 315 g/mol. The quantitative estimate of drug-likeness (QED) is 0.805. The van der Waals surface area contributed by atoms with Gasteiger partial charge in [-0.1, -0.05) is 0 Å². The SMILES string of the molecule is Cn1nnnc1-c1ccc(NC(=O)c2ccc(F)c(F)c2)cc1. The maximum absolute atomic E-state index is 13.2. The number of aromatic nitrogens is 4. The van der Waals surface area contributed by atoms with Gasteiger partial charge in [0, 0.05) is 23.9 Å². The summed E-state index contributed by atoms with van der Waals surface area (Å²) in [6.07, 6.45) is 0. The van der Waals surface area contributed by atoms with Crippen molar-refractivity contribution in [2.45, 2.75) is 0 Å². The Kier molecular flexibility index (Phi) is 3.80. The Morgan fingerprint density at radius 3 is 2.43 bits per heavy atom. The first-order valence-corrected chi connectivity index (χ1v) is 6.64. The smallest absolute Gasteiger partial charge is 0.255 e. The van der Waals surface area contributed by atoms with Gasteiger partial charge >= 0.3 is 0 Å². The van der Waals surface area contributed by atoms with E-state index in [1.54, 1.807) is 31.3 Å². The van der Waals surface area contributed by atoms with Gasteiger partial charge in [-0.2, -0.15) is 0 Å². The zero-order valence-electron chi connectivity index (χ0n) is 12.0. The van der Waals surface area contributed by atoms with Gasteiger partial charge in [0.25, 0.3) is 5.91 Å². The van der Waals surface area contributed by atoms with Crippen LogP contribution in [-0.2, 0) is 7.05 Å². The molecule has 1 N–H and O–H groups in total. The molecule has 0 spiro atoms. The van der Waals surface area contributed by atoms with Crippen LogP contribution in [-0.4, -0.2) is 26.1 Å². The van der Waals surface area contributed by atoms with E-state index in [4.69, 9.17) is 0 Å². The van der Waals surface area contributed by atoms with Crippen molar-refractivity contribution in [1.29, 1.82) is 0 Å². The molecule has 23 heavy (non-hydrogen) atoms. The molecular weight excluding hydrogens is 304 g/mol. The van der Waals surface area contributed by atoms with Gasteiger partial charge in [-0.05, 0) is 52.9 Å². The number of hydrogen-bond acceptors (Lipinski definition) is 4. The fourth-order valence-electron chi connectivity index (χ4n) is 2.02. The lowest BCUT2D eigenvalue weighted by molar-refractivity contribution is 0.102. The molecule has 8 heteroatoms. The highest BCUT2D eigenvalue weighted by Gasteiger charge is 2.11. The van der Waals surface area contributed by atoms with Crippen LogP contribution >= 0.6 is 0 Å². The van der Waals surface area contributed by atoms with Crippen LogP contribution in [0.5, 0.6) is 0 Å². The highest BCUT2D eigenvalue weighted by molar-refractivity contribution is 6.04. The maximum atomic E-state index is 13.2. The lowest BCUT2D eigenvalue weighted by Gasteiger charge is -2.06. The number of anilines is 1. The first-order valence-electron chi connectivity index (χ1n) is 6.64. The largest absolute Gasteiger partial charge is 0.322 e. The number of halogens is 2. The summed E-state index contributed by atoms with van der Waals surface area (Å²) in [5.41, 5.74) is 1.33.